The highest BCUT2D eigenvalue weighted by atomic mass is 19.4. The van der Waals surface area contributed by atoms with Crippen LogP contribution in [-0.2, 0) is 11.6 Å². The third-order valence-electron chi connectivity index (χ3n) is 4.49. The second kappa shape index (κ2) is 8.04. The number of halogens is 3. The van der Waals surface area contributed by atoms with Crippen LogP contribution in [0, 0.1) is 15.5 Å². The number of alkyl halides is 3. The number of hydrogen-bond acceptors (Lipinski definition) is 5. The average molecular weight is 423 g/mol. The molecule has 30 heavy (non-hydrogen) atoms. The van der Waals surface area contributed by atoms with Crippen LogP contribution in [0.2, 0.25) is 0 Å². The van der Waals surface area contributed by atoms with Crippen molar-refractivity contribution in [3.8, 4) is 5.75 Å². The van der Waals surface area contributed by atoms with Gasteiger partial charge in [-0.25, -0.2) is 0 Å². The molecule has 0 unspecified atom stereocenters. The molecule has 0 saturated carbocycles. The number of phenols is 1. The van der Waals surface area contributed by atoms with E-state index in [2.05, 4.69) is 44.8 Å². The minimum Gasteiger partial charge on any atom is -0.502 e. The summed E-state index contributed by atoms with van der Waals surface area (Å²) in [5.41, 5.74) is -1.83. The van der Waals surface area contributed by atoms with E-state index in [1.165, 1.54) is 0 Å². The molecule has 2 aromatic rings. The standard InChI is InChI=1S/C21H24F3N3O3/c1-19(2,3)12-20(4,5)13-7-6-8-14(11-13)25-26-16-10-9-15(21(22,23)24)18(28)17(16)27(29)30/h6-11,28H,12H2,1-5H3. The molecule has 0 fully saturated rings. The van der Waals surface area contributed by atoms with Crippen LogP contribution in [0.25, 0.3) is 0 Å². The topological polar surface area (TPSA) is 88.1 Å². The lowest BCUT2D eigenvalue weighted by atomic mass is 9.72. The average Bonchev–Trinajstić information content (AvgIpc) is 2.56. The molecule has 162 valence electrons. The first-order valence-electron chi connectivity index (χ1n) is 9.22. The summed E-state index contributed by atoms with van der Waals surface area (Å²) in [6.45, 7) is 10.6. The van der Waals surface area contributed by atoms with Crippen molar-refractivity contribution >= 4 is 17.1 Å². The molecule has 2 rings (SSSR count). The van der Waals surface area contributed by atoms with Gasteiger partial charge in [-0.3, -0.25) is 10.1 Å². The molecule has 0 radical (unpaired) electrons. The number of nitro groups is 1. The van der Waals surface area contributed by atoms with Gasteiger partial charge in [0.25, 0.3) is 0 Å². The van der Waals surface area contributed by atoms with Gasteiger partial charge in [-0.05, 0) is 47.1 Å². The highest BCUT2D eigenvalue weighted by Gasteiger charge is 2.38. The van der Waals surface area contributed by atoms with Crippen LogP contribution >= 0.6 is 0 Å². The van der Waals surface area contributed by atoms with E-state index in [-0.39, 0.29) is 10.8 Å². The summed E-state index contributed by atoms with van der Waals surface area (Å²) in [6.07, 6.45) is -4.05. The Morgan fingerprint density at radius 2 is 1.67 bits per heavy atom. The minimum atomic E-state index is -4.93. The SMILES string of the molecule is CC(C)(C)CC(C)(C)c1cccc(N=Nc2ccc(C(F)(F)F)c(O)c2[N+](=O)[O-])c1. The van der Waals surface area contributed by atoms with Crippen LogP contribution in [0.15, 0.2) is 46.6 Å². The van der Waals surface area contributed by atoms with Crippen LogP contribution < -0.4 is 0 Å². The van der Waals surface area contributed by atoms with Gasteiger partial charge in [-0.15, -0.1) is 5.11 Å². The maximum atomic E-state index is 12.9. The number of rotatable bonds is 5. The Bertz CT molecular complexity index is 978. The van der Waals surface area contributed by atoms with Crippen molar-refractivity contribution in [3.63, 3.8) is 0 Å². The quantitative estimate of drug-likeness (QED) is 0.308. The first-order chi connectivity index (χ1) is 13.6. The number of benzene rings is 2. The number of aromatic hydroxyl groups is 1. The van der Waals surface area contributed by atoms with Gasteiger partial charge in [-0.1, -0.05) is 46.8 Å². The Labute approximate surface area is 172 Å². The summed E-state index contributed by atoms with van der Waals surface area (Å²) < 4.78 is 38.7. The third kappa shape index (κ3) is 5.55. The largest absolute Gasteiger partial charge is 0.502 e. The van der Waals surface area contributed by atoms with E-state index in [0.29, 0.717) is 11.8 Å². The second-order valence-electron chi connectivity index (χ2n) is 8.96. The number of nitro benzene ring substituents is 1. The lowest BCUT2D eigenvalue weighted by molar-refractivity contribution is -0.385. The lowest BCUT2D eigenvalue weighted by Crippen LogP contribution is -2.24. The fourth-order valence-electron chi connectivity index (χ4n) is 3.59. The van der Waals surface area contributed by atoms with Gasteiger partial charge >= 0.3 is 11.9 Å². The van der Waals surface area contributed by atoms with Crippen molar-refractivity contribution in [2.75, 3.05) is 0 Å². The van der Waals surface area contributed by atoms with Gasteiger partial charge in [-0.2, -0.15) is 18.3 Å². The molecule has 0 aliphatic heterocycles. The summed E-state index contributed by atoms with van der Waals surface area (Å²) in [4.78, 5) is 10.1. The van der Waals surface area contributed by atoms with Gasteiger partial charge in [0.05, 0.1) is 10.6 Å². The summed E-state index contributed by atoms with van der Waals surface area (Å²) in [5.74, 6) is -1.48. The molecule has 1 N–H and O–H groups in total. The van der Waals surface area contributed by atoms with E-state index < -0.39 is 33.8 Å². The molecule has 0 aromatic heterocycles. The van der Waals surface area contributed by atoms with Gasteiger partial charge in [0.1, 0.15) is 5.56 Å². The number of phenolic OH excluding ortho intramolecular Hbond substituents is 1. The molecule has 0 heterocycles. The first-order valence-corrected chi connectivity index (χ1v) is 9.22. The Morgan fingerprint density at radius 3 is 2.20 bits per heavy atom. The fraction of sp³-hybridized carbons (Fsp3) is 0.429. The van der Waals surface area contributed by atoms with Crippen LogP contribution in [-0.4, -0.2) is 10.0 Å². The Morgan fingerprint density at radius 1 is 1.03 bits per heavy atom. The molecule has 9 heteroatoms. The highest BCUT2D eigenvalue weighted by Crippen LogP contribution is 2.45. The molecule has 2 aromatic carbocycles. The normalized spacial score (nSPS) is 13.1. The Hall–Kier alpha value is -2.97. The van der Waals surface area contributed by atoms with E-state index in [4.69, 9.17) is 0 Å². The van der Waals surface area contributed by atoms with Crippen molar-refractivity contribution < 1.29 is 23.2 Å². The van der Waals surface area contributed by atoms with E-state index in [9.17, 15) is 28.4 Å². The summed E-state index contributed by atoms with van der Waals surface area (Å²) in [5, 5.41) is 28.7. The van der Waals surface area contributed by atoms with E-state index in [1.54, 1.807) is 18.2 Å². The van der Waals surface area contributed by atoms with Gasteiger partial charge < -0.3 is 5.11 Å². The third-order valence-corrected chi connectivity index (χ3v) is 4.49. The Balaban J connectivity index is 2.44. The molecule has 0 aliphatic rings. The van der Waals surface area contributed by atoms with Crippen LogP contribution in [0.3, 0.4) is 0 Å². The van der Waals surface area contributed by atoms with E-state index >= 15 is 0 Å². The second-order valence-corrected chi connectivity index (χ2v) is 8.96. The van der Waals surface area contributed by atoms with Crippen LogP contribution in [0.4, 0.5) is 30.2 Å². The minimum absolute atomic E-state index is 0.0827. The van der Waals surface area contributed by atoms with Crippen molar-refractivity contribution in [3.05, 3.63) is 57.6 Å². The number of nitrogens with zero attached hydrogens (tertiary/aromatic N) is 3. The van der Waals surface area contributed by atoms with Gasteiger partial charge in [0.15, 0.2) is 5.69 Å². The molecule has 0 aliphatic carbocycles. The highest BCUT2D eigenvalue weighted by molar-refractivity contribution is 5.68. The zero-order valence-corrected chi connectivity index (χ0v) is 17.4. The van der Waals surface area contributed by atoms with Crippen molar-refractivity contribution in [1.82, 2.24) is 0 Å². The summed E-state index contributed by atoms with van der Waals surface area (Å²) >= 11 is 0. The zero-order valence-electron chi connectivity index (χ0n) is 17.4. The summed E-state index contributed by atoms with van der Waals surface area (Å²) in [7, 11) is 0. The van der Waals surface area contributed by atoms with Gasteiger partial charge in [0, 0.05) is 0 Å². The predicted molar refractivity (Wildman–Crippen MR) is 107 cm³/mol. The number of azo groups is 1. The zero-order chi connectivity index (χ0) is 22.9. The Kier molecular flexibility index (Phi) is 6.25. The molecule has 0 bridgehead atoms. The van der Waals surface area contributed by atoms with Crippen LogP contribution in [0.1, 0.15) is 52.2 Å². The van der Waals surface area contributed by atoms with E-state index in [0.717, 1.165) is 18.1 Å². The molecule has 0 amide bonds. The maximum Gasteiger partial charge on any atom is 0.420 e. The fourth-order valence-corrected chi connectivity index (χ4v) is 3.59. The van der Waals surface area contributed by atoms with Crippen LogP contribution in [0.5, 0.6) is 5.75 Å². The molecule has 0 saturated heterocycles. The molecular formula is C21H24F3N3O3. The van der Waals surface area contributed by atoms with E-state index in [1.807, 2.05) is 6.07 Å². The number of hydrogen-bond donors (Lipinski definition) is 1. The van der Waals surface area contributed by atoms with Crippen molar-refractivity contribution in [2.45, 2.75) is 52.6 Å². The van der Waals surface area contributed by atoms with Crippen molar-refractivity contribution in [1.29, 1.82) is 0 Å². The molecule has 0 atom stereocenters. The lowest BCUT2D eigenvalue weighted by Gasteiger charge is -2.33. The molecular weight excluding hydrogens is 399 g/mol. The molecule has 0 spiro atoms. The predicted octanol–water partition coefficient (Wildman–Crippen LogP) is 7.45. The smallest absolute Gasteiger partial charge is 0.420 e. The summed E-state index contributed by atoms with van der Waals surface area (Å²) in [6, 6.07) is 8.49. The van der Waals surface area contributed by atoms with Gasteiger partial charge in [0.2, 0.25) is 5.75 Å². The van der Waals surface area contributed by atoms with Crippen molar-refractivity contribution in [2.24, 2.45) is 15.6 Å². The monoisotopic (exact) mass is 423 g/mol. The molecule has 6 nitrogen and oxygen atoms in total. The first kappa shape index (κ1) is 23.3. The maximum absolute atomic E-state index is 12.9.